The summed E-state index contributed by atoms with van der Waals surface area (Å²) in [4.78, 5) is 21.7. The molecule has 2 atom stereocenters. The summed E-state index contributed by atoms with van der Waals surface area (Å²) in [6.45, 7) is 1.73. The molecule has 1 aromatic carbocycles. The van der Waals surface area contributed by atoms with Crippen LogP contribution in [0.3, 0.4) is 0 Å². The lowest BCUT2D eigenvalue weighted by molar-refractivity contribution is 0.0962. The predicted octanol–water partition coefficient (Wildman–Crippen LogP) is 3.60. The normalized spacial score (nSPS) is 20.0. The van der Waals surface area contributed by atoms with Crippen LogP contribution in [-0.4, -0.2) is 53.1 Å². The van der Waals surface area contributed by atoms with E-state index in [0.29, 0.717) is 41.4 Å². The Bertz CT molecular complexity index is 1020. The van der Waals surface area contributed by atoms with Gasteiger partial charge in [0.1, 0.15) is 11.8 Å². The Hall–Kier alpha value is -2.64. The summed E-state index contributed by atoms with van der Waals surface area (Å²) in [5.74, 6) is -0.253. The molecule has 3 N–H and O–H groups in total. The molecule has 1 amide bonds. The second kappa shape index (κ2) is 8.39. The van der Waals surface area contributed by atoms with Gasteiger partial charge in [0, 0.05) is 49.5 Å². The van der Waals surface area contributed by atoms with Crippen molar-refractivity contribution in [1.29, 1.82) is 0 Å². The van der Waals surface area contributed by atoms with Crippen molar-refractivity contribution < 1.29 is 9.18 Å². The summed E-state index contributed by atoms with van der Waals surface area (Å²) in [6, 6.07) is 9.12. The summed E-state index contributed by atoms with van der Waals surface area (Å²) in [7, 11) is 1.57. The monoisotopic (exact) mass is 415 g/mol. The van der Waals surface area contributed by atoms with Crippen LogP contribution in [0.25, 0.3) is 11.0 Å². The van der Waals surface area contributed by atoms with Crippen molar-refractivity contribution in [2.24, 2.45) is 0 Å². The molecule has 152 valence electrons. The highest BCUT2D eigenvalue weighted by Gasteiger charge is 2.30. The number of carbonyl (C=O) groups excluding carboxylic acids is 1. The standard InChI is InChI=1S/C21H23ClFN5O/c1-24-21(29)16-10-26-20-15(5-7-25-20)19(16)27-18-6-8-28(12-17(18)23)11-13-3-2-4-14(22)9-13/h2-5,7,9-10,17-18H,6,8,11-12H2,1H3,(H,24,29)(H2,25,26,27)/t17-,18-/m1/s1. The fraction of sp³-hybridized carbons (Fsp3) is 0.333. The van der Waals surface area contributed by atoms with Crippen LogP contribution < -0.4 is 10.6 Å². The number of hydrogen-bond acceptors (Lipinski definition) is 4. The number of anilines is 1. The Kier molecular flexibility index (Phi) is 5.69. The molecule has 1 saturated heterocycles. The lowest BCUT2D eigenvalue weighted by atomic mass is 10.0. The SMILES string of the molecule is CNC(=O)c1cnc2[nH]ccc2c1N[C@@H]1CCN(Cc2cccc(Cl)c2)C[C@H]1F. The number of amides is 1. The summed E-state index contributed by atoms with van der Waals surface area (Å²) in [6.07, 6.45) is 2.84. The maximum atomic E-state index is 15.1. The molecule has 1 aliphatic rings. The zero-order valence-corrected chi connectivity index (χ0v) is 16.8. The van der Waals surface area contributed by atoms with Gasteiger partial charge in [-0.15, -0.1) is 0 Å². The second-order valence-corrected chi connectivity index (χ2v) is 7.72. The van der Waals surface area contributed by atoms with Crippen molar-refractivity contribution in [2.75, 3.05) is 25.5 Å². The van der Waals surface area contributed by atoms with Gasteiger partial charge in [0.05, 0.1) is 17.3 Å². The molecule has 0 bridgehead atoms. The van der Waals surface area contributed by atoms with Crippen molar-refractivity contribution in [2.45, 2.75) is 25.2 Å². The quantitative estimate of drug-likeness (QED) is 0.595. The number of likely N-dealkylation sites (tertiary alicyclic amines) is 1. The summed E-state index contributed by atoms with van der Waals surface area (Å²) < 4.78 is 15.1. The maximum absolute atomic E-state index is 15.1. The van der Waals surface area contributed by atoms with Crippen LogP contribution in [0.5, 0.6) is 0 Å². The van der Waals surface area contributed by atoms with Crippen LogP contribution in [0.2, 0.25) is 5.02 Å². The first-order chi connectivity index (χ1) is 14.0. The third-order valence-electron chi connectivity index (χ3n) is 5.31. The Balaban J connectivity index is 1.50. The molecular weight excluding hydrogens is 393 g/mol. The highest BCUT2D eigenvalue weighted by molar-refractivity contribution is 6.30. The van der Waals surface area contributed by atoms with Crippen molar-refractivity contribution in [1.82, 2.24) is 20.2 Å². The fourth-order valence-electron chi connectivity index (χ4n) is 3.82. The first-order valence-electron chi connectivity index (χ1n) is 9.60. The van der Waals surface area contributed by atoms with Gasteiger partial charge in [-0.25, -0.2) is 9.37 Å². The van der Waals surface area contributed by atoms with E-state index in [9.17, 15) is 4.79 Å². The van der Waals surface area contributed by atoms with Gasteiger partial charge in [0.15, 0.2) is 0 Å². The number of hydrogen-bond donors (Lipinski definition) is 3. The smallest absolute Gasteiger partial charge is 0.254 e. The average molecular weight is 416 g/mol. The lowest BCUT2D eigenvalue weighted by Gasteiger charge is -2.36. The Morgan fingerprint density at radius 2 is 2.28 bits per heavy atom. The molecule has 8 heteroatoms. The van der Waals surface area contributed by atoms with E-state index in [4.69, 9.17) is 11.6 Å². The zero-order valence-electron chi connectivity index (χ0n) is 16.1. The molecular formula is C21H23ClFN5O. The largest absolute Gasteiger partial charge is 0.378 e. The van der Waals surface area contributed by atoms with Gasteiger partial charge in [-0.1, -0.05) is 23.7 Å². The molecule has 3 aromatic rings. The molecule has 1 fully saturated rings. The first-order valence-corrected chi connectivity index (χ1v) is 9.98. The molecule has 4 rings (SSSR count). The van der Waals surface area contributed by atoms with Crippen LogP contribution in [0.4, 0.5) is 10.1 Å². The minimum Gasteiger partial charge on any atom is -0.378 e. The van der Waals surface area contributed by atoms with Crippen LogP contribution in [0, 0.1) is 0 Å². The number of nitrogens with one attached hydrogen (secondary N) is 3. The van der Waals surface area contributed by atoms with Crippen molar-refractivity contribution in [3.63, 3.8) is 0 Å². The van der Waals surface area contributed by atoms with Crippen LogP contribution in [0.15, 0.2) is 42.7 Å². The van der Waals surface area contributed by atoms with E-state index < -0.39 is 6.17 Å². The molecule has 0 saturated carbocycles. The molecule has 6 nitrogen and oxygen atoms in total. The topological polar surface area (TPSA) is 73.0 Å². The van der Waals surface area contributed by atoms with Gasteiger partial charge in [-0.05, 0) is 30.2 Å². The molecule has 0 unspecified atom stereocenters. The number of pyridine rings is 1. The molecule has 29 heavy (non-hydrogen) atoms. The van der Waals surface area contributed by atoms with Crippen molar-refractivity contribution in [3.8, 4) is 0 Å². The van der Waals surface area contributed by atoms with Crippen LogP contribution in [-0.2, 0) is 6.54 Å². The van der Waals surface area contributed by atoms with Gasteiger partial charge in [0.25, 0.3) is 5.91 Å². The Labute approximate surface area is 173 Å². The number of piperidine rings is 1. The number of aromatic amines is 1. The minimum atomic E-state index is -1.07. The Morgan fingerprint density at radius 1 is 1.41 bits per heavy atom. The van der Waals surface area contributed by atoms with Gasteiger partial charge in [-0.3, -0.25) is 9.69 Å². The molecule has 1 aliphatic heterocycles. The molecule has 0 aliphatic carbocycles. The third-order valence-corrected chi connectivity index (χ3v) is 5.54. The van der Waals surface area contributed by atoms with E-state index >= 15 is 4.39 Å². The van der Waals surface area contributed by atoms with Crippen LogP contribution in [0.1, 0.15) is 22.3 Å². The van der Waals surface area contributed by atoms with Crippen molar-refractivity contribution in [3.05, 3.63) is 58.9 Å². The number of nitrogens with zero attached hydrogens (tertiary/aromatic N) is 2. The van der Waals surface area contributed by atoms with E-state index in [-0.39, 0.29) is 11.9 Å². The zero-order chi connectivity index (χ0) is 20.4. The van der Waals surface area contributed by atoms with Gasteiger partial charge >= 0.3 is 0 Å². The number of H-pyrrole nitrogens is 1. The molecule has 0 radical (unpaired) electrons. The summed E-state index contributed by atoms with van der Waals surface area (Å²) >= 11 is 6.05. The van der Waals surface area contributed by atoms with E-state index in [1.165, 1.54) is 6.20 Å². The van der Waals surface area contributed by atoms with Gasteiger partial charge in [-0.2, -0.15) is 0 Å². The minimum absolute atomic E-state index is 0.253. The van der Waals surface area contributed by atoms with E-state index in [0.717, 1.165) is 17.5 Å². The fourth-order valence-corrected chi connectivity index (χ4v) is 4.04. The van der Waals surface area contributed by atoms with Gasteiger partial charge < -0.3 is 15.6 Å². The van der Waals surface area contributed by atoms with E-state index in [1.807, 2.05) is 30.3 Å². The first kappa shape index (κ1) is 19.7. The summed E-state index contributed by atoms with van der Waals surface area (Å²) in [5.41, 5.74) is 2.76. The number of halogens is 2. The molecule has 3 heterocycles. The average Bonchev–Trinajstić information content (AvgIpc) is 3.19. The van der Waals surface area contributed by atoms with Crippen LogP contribution >= 0.6 is 11.6 Å². The predicted molar refractivity (Wildman–Crippen MR) is 113 cm³/mol. The molecule has 2 aromatic heterocycles. The number of fused-ring (bicyclic) bond motifs is 1. The highest BCUT2D eigenvalue weighted by Crippen LogP contribution is 2.29. The number of benzene rings is 1. The van der Waals surface area contributed by atoms with E-state index in [1.54, 1.807) is 13.2 Å². The summed E-state index contributed by atoms with van der Waals surface area (Å²) in [5, 5.41) is 7.38. The number of carbonyl (C=O) groups is 1. The second-order valence-electron chi connectivity index (χ2n) is 7.29. The van der Waals surface area contributed by atoms with E-state index in [2.05, 4.69) is 25.5 Å². The van der Waals surface area contributed by atoms with Gasteiger partial charge in [0.2, 0.25) is 0 Å². The number of rotatable bonds is 5. The highest BCUT2D eigenvalue weighted by atomic mass is 35.5. The number of aromatic nitrogens is 2. The number of alkyl halides is 1. The maximum Gasteiger partial charge on any atom is 0.254 e. The third kappa shape index (κ3) is 4.21. The lowest BCUT2D eigenvalue weighted by Crippen LogP contribution is -2.47. The Morgan fingerprint density at radius 3 is 3.03 bits per heavy atom. The van der Waals surface area contributed by atoms with Crippen molar-refractivity contribution >= 4 is 34.2 Å². The molecule has 0 spiro atoms.